The fourth-order valence-corrected chi connectivity index (χ4v) is 3.15. The summed E-state index contributed by atoms with van der Waals surface area (Å²) in [5.41, 5.74) is 1.02. The zero-order valence-electron chi connectivity index (χ0n) is 13.8. The maximum atomic E-state index is 4.56. The molecule has 2 aromatic rings. The lowest BCUT2D eigenvalue weighted by Gasteiger charge is -2.33. The van der Waals surface area contributed by atoms with Gasteiger partial charge in [0.05, 0.1) is 0 Å². The van der Waals surface area contributed by atoms with Crippen molar-refractivity contribution in [2.24, 2.45) is 0 Å². The van der Waals surface area contributed by atoms with Gasteiger partial charge in [-0.1, -0.05) is 0 Å². The van der Waals surface area contributed by atoms with Gasteiger partial charge in [0.25, 0.3) is 0 Å². The summed E-state index contributed by atoms with van der Waals surface area (Å²) in [6, 6.07) is 6.50. The Hall–Kier alpha value is -1.89. The first kappa shape index (κ1) is 16.0. The second kappa shape index (κ2) is 7.12. The molecule has 0 aliphatic carbocycles. The third-order valence-electron chi connectivity index (χ3n) is 3.97. The largest absolute Gasteiger partial charge is 0.366 e. The second-order valence-electron chi connectivity index (χ2n) is 5.78. The third kappa shape index (κ3) is 4.10. The predicted molar refractivity (Wildman–Crippen MR) is 94.2 cm³/mol. The second-order valence-corrected chi connectivity index (χ2v) is 6.61. The van der Waals surface area contributed by atoms with Crippen molar-refractivity contribution < 1.29 is 0 Å². The summed E-state index contributed by atoms with van der Waals surface area (Å²) in [6.45, 7) is 5.94. The van der Waals surface area contributed by atoms with Gasteiger partial charge in [0.1, 0.15) is 22.5 Å². The minimum absolute atomic E-state index is 0.435. The molecule has 0 bridgehead atoms. The van der Waals surface area contributed by atoms with Crippen molar-refractivity contribution in [3.05, 3.63) is 29.7 Å². The van der Waals surface area contributed by atoms with Crippen LogP contribution in [0.3, 0.4) is 0 Å². The molecule has 0 radical (unpaired) electrons. The molecule has 3 heterocycles. The topological polar surface area (TPSA) is 66.8 Å². The van der Waals surface area contributed by atoms with Gasteiger partial charge in [0.2, 0.25) is 0 Å². The lowest BCUT2D eigenvalue weighted by molar-refractivity contribution is 0.521. The molecule has 0 saturated carbocycles. The van der Waals surface area contributed by atoms with E-state index in [1.54, 1.807) is 11.8 Å². The lowest BCUT2D eigenvalue weighted by Crippen LogP contribution is -2.39. The van der Waals surface area contributed by atoms with Gasteiger partial charge >= 0.3 is 0 Å². The van der Waals surface area contributed by atoms with E-state index in [-0.39, 0.29) is 0 Å². The number of aromatic nitrogens is 4. The van der Waals surface area contributed by atoms with Crippen molar-refractivity contribution in [3.8, 4) is 0 Å². The number of nitrogens with one attached hydrogen (secondary N) is 1. The maximum Gasteiger partial charge on any atom is 0.148 e. The van der Waals surface area contributed by atoms with Crippen molar-refractivity contribution in [1.29, 1.82) is 0 Å². The van der Waals surface area contributed by atoms with Crippen LogP contribution in [0.4, 0.5) is 11.6 Å². The molecule has 6 nitrogen and oxygen atoms in total. The first-order valence-corrected chi connectivity index (χ1v) is 9.08. The SMILES string of the molecule is CSc1ccc(NC2CCN(c3cc(C)nc(C)n3)CC2)nn1. The van der Waals surface area contributed by atoms with Gasteiger partial charge in [-0.05, 0) is 45.1 Å². The minimum Gasteiger partial charge on any atom is -0.366 e. The molecule has 1 fully saturated rings. The molecule has 3 rings (SSSR count). The first-order valence-electron chi connectivity index (χ1n) is 7.85. The maximum absolute atomic E-state index is 4.56. The van der Waals surface area contributed by atoms with Gasteiger partial charge in [0.15, 0.2) is 0 Å². The van der Waals surface area contributed by atoms with Crippen LogP contribution in [0.1, 0.15) is 24.4 Å². The van der Waals surface area contributed by atoms with E-state index in [4.69, 9.17) is 0 Å². The summed E-state index contributed by atoms with van der Waals surface area (Å²) in [4.78, 5) is 11.2. The molecule has 0 atom stereocenters. The van der Waals surface area contributed by atoms with Gasteiger partial charge in [-0.25, -0.2) is 9.97 Å². The van der Waals surface area contributed by atoms with Gasteiger partial charge in [-0.2, -0.15) is 0 Å². The van der Waals surface area contributed by atoms with E-state index in [0.717, 1.165) is 54.1 Å². The zero-order chi connectivity index (χ0) is 16.2. The highest BCUT2D eigenvalue weighted by molar-refractivity contribution is 7.98. The van der Waals surface area contributed by atoms with Crippen molar-refractivity contribution in [2.45, 2.75) is 37.8 Å². The molecule has 7 heteroatoms. The van der Waals surface area contributed by atoms with Gasteiger partial charge in [-0.15, -0.1) is 22.0 Å². The number of aryl methyl sites for hydroxylation is 2. The molecule has 122 valence electrons. The van der Waals surface area contributed by atoms with Crippen LogP contribution in [0.5, 0.6) is 0 Å². The monoisotopic (exact) mass is 330 g/mol. The van der Waals surface area contributed by atoms with Gasteiger partial charge < -0.3 is 10.2 Å². The van der Waals surface area contributed by atoms with Crippen LogP contribution >= 0.6 is 11.8 Å². The normalized spacial score (nSPS) is 15.7. The average molecular weight is 330 g/mol. The molecular weight excluding hydrogens is 308 g/mol. The van der Waals surface area contributed by atoms with Crippen LogP contribution in [0.2, 0.25) is 0 Å². The minimum atomic E-state index is 0.435. The van der Waals surface area contributed by atoms with E-state index < -0.39 is 0 Å². The van der Waals surface area contributed by atoms with Crippen LogP contribution < -0.4 is 10.2 Å². The number of nitrogens with zero attached hydrogens (tertiary/aromatic N) is 5. The summed E-state index contributed by atoms with van der Waals surface area (Å²) >= 11 is 1.60. The molecule has 0 spiro atoms. The first-order chi connectivity index (χ1) is 11.1. The molecule has 1 aliphatic heterocycles. The molecule has 1 saturated heterocycles. The van der Waals surface area contributed by atoms with Crippen LogP contribution in [-0.4, -0.2) is 45.6 Å². The molecule has 0 amide bonds. The van der Waals surface area contributed by atoms with Crippen molar-refractivity contribution in [2.75, 3.05) is 29.6 Å². The Morgan fingerprint density at radius 2 is 1.91 bits per heavy atom. The van der Waals surface area contributed by atoms with E-state index >= 15 is 0 Å². The lowest BCUT2D eigenvalue weighted by atomic mass is 10.1. The third-order valence-corrected chi connectivity index (χ3v) is 4.61. The van der Waals surface area contributed by atoms with E-state index in [2.05, 4.69) is 36.4 Å². The Bertz CT molecular complexity index is 632. The molecule has 0 aromatic carbocycles. The smallest absolute Gasteiger partial charge is 0.148 e. The summed E-state index contributed by atoms with van der Waals surface area (Å²) < 4.78 is 0. The standard InChI is InChI=1S/C16H22N6S/c1-11-10-15(18-12(2)17-11)22-8-6-13(7-9-22)19-14-4-5-16(23-3)21-20-14/h4-5,10,13H,6-9H2,1-3H3,(H,19,20). The molecule has 2 aromatic heterocycles. The van der Waals surface area contributed by atoms with Crippen LogP contribution in [0, 0.1) is 13.8 Å². The Balaban J connectivity index is 1.57. The molecular formula is C16H22N6S. The van der Waals surface area contributed by atoms with E-state index in [1.165, 1.54) is 0 Å². The summed E-state index contributed by atoms with van der Waals surface area (Å²) in [5.74, 6) is 2.73. The summed E-state index contributed by atoms with van der Waals surface area (Å²) in [5, 5.41) is 12.8. The number of anilines is 2. The van der Waals surface area contributed by atoms with E-state index in [0.29, 0.717) is 6.04 Å². The molecule has 1 N–H and O–H groups in total. The number of thioether (sulfide) groups is 1. The Morgan fingerprint density at radius 1 is 1.13 bits per heavy atom. The van der Waals surface area contributed by atoms with Crippen molar-refractivity contribution in [1.82, 2.24) is 20.2 Å². The molecule has 0 unspecified atom stereocenters. The van der Waals surface area contributed by atoms with Gasteiger partial charge in [-0.3, -0.25) is 0 Å². The van der Waals surface area contributed by atoms with Crippen molar-refractivity contribution >= 4 is 23.4 Å². The Morgan fingerprint density at radius 3 is 2.52 bits per heavy atom. The fraction of sp³-hybridized carbons (Fsp3) is 0.500. The highest BCUT2D eigenvalue weighted by Gasteiger charge is 2.21. The fourth-order valence-electron chi connectivity index (χ4n) is 2.83. The van der Waals surface area contributed by atoms with E-state index in [1.807, 2.05) is 32.2 Å². The summed E-state index contributed by atoms with van der Waals surface area (Å²) in [6.07, 6.45) is 4.13. The van der Waals surface area contributed by atoms with Crippen molar-refractivity contribution in [3.63, 3.8) is 0 Å². The predicted octanol–water partition coefficient (Wildman–Crippen LogP) is 2.69. The summed E-state index contributed by atoms with van der Waals surface area (Å²) in [7, 11) is 0. The van der Waals surface area contributed by atoms with Crippen LogP contribution in [0.25, 0.3) is 0 Å². The molecule has 1 aliphatic rings. The number of hydrogen-bond acceptors (Lipinski definition) is 7. The van der Waals surface area contributed by atoms with Gasteiger partial charge in [0, 0.05) is 30.9 Å². The number of rotatable bonds is 4. The Labute approximate surface area is 141 Å². The van der Waals surface area contributed by atoms with E-state index in [9.17, 15) is 0 Å². The molecule has 23 heavy (non-hydrogen) atoms. The highest BCUT2D eigenvalue weighted by atomic mass is 32.2. The highest BCUT2D eigenvalue weighted by Crippen LogP contribution is 2.21. The van der Waals surface area contributed by atoms with Crippen LogP contribution in [-0.2, 0) is 0 Å². The number of hydrogen-bond donors (Lipinski definition) is 1. The van der Waals surface area contributed by atoms with Crippen LogP contribution in [0.15, 0.2) is 23.2 Å². The Kier molecular flexibility index (Phi) is 4.95. The zero-order valence-corrected chi connectivity index (χ0v) is 14.6. The quantitative estimate of drug-likeness (QED) is 0.864. The average Bonchev–Trinajstić information content (AvgIpc) is 2.55. The number of piperidine rings is 1.